The summed E-state index contributed by atoms with van der Waals surface area (Å²) in [6.07, 6.45) is 0. The normalized spacial score (nSPS) is 5.54. The van der Waals surface area contributed by atoms with Gasteiger partial charge in [-0.15, -0.1) is 0 Å². The molecule has 0 fully saturated rings. The molecule has 0 spiro atoms. The van der Waals surface area contributed by atoms with E-state index < -0.39 is 13.4 Å². The molecule has 0 aromatic carbocycles. The first-order valence-electron chi connectivity index (χ1n) is 1.31. The third-order valence-corrected chi connectivity index (χ3v) is 0. The summed E-state index contributed by atoms with van der Waals surface area (Å²) in [4.78, 5) is 0. The molecular formula is C2H12F6S5. The van der Waals surface area contributed by atoms with Crippen LogP contribution in [0.25, 0.3) is 0 Å². The van der Waals surface area contributed by atoms with Crippen molar-refractivity contribution in [1.82, 2.24) is 0 Å². The third kappa shape index (κ3) is 967. The van der Waals surface area contributed by atoms with Crippen LogP contribution >= 0.6 is 67.5 Å². The Morgan fingerprint density at radius 3 is 0.385 bits per heavy atom. The first kappa shape index (κ1) is 47.4. The summed E-state index contributed by atoms with van der Waals surface area (Å²) in [5.41, 5.74) is 0. The molecule has 0 amide bonds. The van der Waals surface area contributed by atoms with Crippen LogP contribution in [0.3, 0.4) is 0 Å². The number of alkyl halides is 6. The number of hydrogen-bond acceptors (Lipinski definition) is 0. The lowest BCUT2D eigenvalue weighted by Gasteiger charge is -1.65. The van der Waals surface area contributed by atoms with Crippen LogP contribution in [0.2, 0.25) is 0 Å². The maximum atomic E-state index is 9.67. The summed E-state index contributed by atoms with van der Waals surface area (Å²) >= 11 is 0. The van der Waals surface area contributed by atoms with Crippen LogP contribution in [-0.4, -0.2) is 13.4 Å². The van der Waals surface area contributed by atoms with Crippen molar-refractivity contribution < 1.29 is 26.3 Å². The molecule has 13 heavy (non-hydrogen) atoms. The van der Waals surface area contributed by atoms with Gasteiger partial charge in [-0.2, -0.15) is 93.8 Å². The minimum absolute atomic E-state index is 0. The highest BCUT2D eigenvalue weighted by molar-refractivity contribution is 7.60. The monoisotopic (exact) mass is 310 g/mol. The van der Waals surface area contributed by atoms with Crippen LogP contribution in [0.4, 0.5) is 26.3 Å². The van der Waals surface area contributed by atoms with E-state index in [9.17, 15) is 26.3 Å². The highest BCUT2D eigenvalue weighted by atomic mass is 32.1. The molecule has 92 valence electrons. The van der Waals surface area contributed by atoms with Gasteiger partial charge >= 0.3 is 13.4 Å². The average molecular weight is 310 g/mol. The summed E-state index contributed by atoms with van der Waals surface area (Å²) in [7, 11) is 0. The summed E-state index contributed by atoms with van der Waals surface area (Å²) in [5, 5.41) is 0. The second-order valence-electron chi connectivity index (χ2n) is 0.495. The van der Waals surface area contributed by atoms with E-state index in [0.717, 1.165) is 0 Å². The molecule has 0 saturated carbocycles. The summed E-state index contributed by atoms with van der Waals surface area (Å²) in [6, 6.07) is 0. The number of halogens is 6. The lowest BCUT2D eigenvalue weighted by atomic mass is 11.6. The van der Waals surface area contributed by atoms with Crippen LogP contribution in [-0.2, 0) is 0 Å². The minimum atomic E-state index is -3.67. The Morgan fingerprint density at radius 1 is 0.385 bits per heavy atom. The molecule has 0 aromatic rings. The molecule has 0 radical (unpaired) electrons. The van der Waals surface area contributed by atoms with E-state index in [1.807, 2.05) is 0 Å². The van der Waals surface area contributed by atoms with Gasteiger partial charge < -0.3 is 0 Å². The van der Waals surface area contributed by atoms with Crippen LogP contribution in [0.15, 0.2) is 0 Å². The van der Waals surface area contributed by atoms with Crippen molar-refractivity contribution >= 4 is 67.5 Å². The zero-order valence-electron chi connectivity index (χ0n) is 5.92. The molecule has 0 bridgehead atoms. The second kappa shape index (κ2) is 37.7. The van der Waals surface area contributed by atoms with Crippen molar-refractivity contribution in [2.24, 2.45) is 0 Å². The van der Waals surface area contributed by atoms with Crippen LogP contribution in [0, 0.1) is 0 Å². The smallest absolute Gasteiger partial charge is 0.197 e. The average Bonchev–Trinajstić information content (AvgIpc) is 1.25. The zero-order chi connectivity index (χ0) is 7.15. The van der Waals surface area contributed by atoms with Crippen molar-refractivity contribution in [3.8, 4) is 0 Å². The van der Waals surface area contributed by atoms with E-state index in [0.29, 0.717) is 0 Å². The third-order valence-electron chi connectivity index (χ3n) is 0. The summed E-state index contributed by atoms with van der Waals surface area (Å²) in [6.45, 7) is -7.33. The standard InChI is InChI=1S/2CHF3.5H2S/c2*2-1(3)4;;;;;/h2*1H;5*1H2. The van der Waals surface area contributed by atoms with Crippen LogP contribution in [0.5, 0.6) is 0 Å². The first-order chi connectivity index (χ1) is 3.46. The lowest BCUT2D eigenvalue weighted by Crippen LogP contribution is -1.65. The lowest BCUT2D eigenvalue weighted by molar-refractivity contribution is 0.00734. The molecule has 0 heterocycles. The fraction of sp³-hybridized carbons (Fsp3) is 1.00. The quantitative estimate of drug-likeness (QED) is 0.604. The Balaban J connectivity index is -0.00000000800. The van der Waals surface area contributed by atoms with Crippen molar-refractivity contribution in [1.29, 1.82) is 0 Å². The maximum absolute atomic E-state index is 9.67. The van der Waals surface area contributed by atoms with Crippen LogP contribution < -0.4 is 0 Å². The van der Waals surface area contributed by atoms with Gasteiger partial charge in [0, 0.05) is 0 Å². The molecule has 0 saturated heterocycles. The van der Waals surface area contributed by atoms with Gasteiger partial charge in [0.15, 0.2) is 0 Å². The first-order valence-corrected chi connectivity index (χ1v) is 1.31. The topological polar surface area (TPSA) is 0 Å². The van der Waals surface area contributed by atoms with Crippen molar-refractivity contribution in [3.63, 3.8) is 0 Å². The van der Waals surface area contributed by atoms with Crippen molar-refractivity contribution in [2.45, 2.75) is 13.4 Å². The van der Waals surface area contributed by atoms with Gasteiger partial charge in [-0.3, -0.25) is 0 Å². The van der Waals surface area contributed by atoms with Crippen molar-refractivity contribution in [2.75, 3.05) is 0 Å². The van der Waals surface area contributed by atoms with Gasteiger partial charge in [0.2, 0.25) is 0 Å². The van der Waals surface area contributed by atoms with E-state index in [1.165, 1.54) is 0 Å². The van der Waals surface area contributed by atoms with Gasteiger partial charge in [-0.25, -0.2) is 0 Å². The predicted octanol–water partition coefficient (Wildman–Crippen LogP) is 2.92. The van der Waals surface area contributed by atoms with E-state index in [4.69, 9.17) is 0 Å². The van der Waals surface area contributed by atoms with E-state index in [2.05, 4.69) is 0 Å². The van der Waals surface area contributed by atoms with Gasteiger partial charge in [0.05, 0.1) is 0 Å². The molecule has 0 rings (SSSR count). The Morgan fingerprint density at radius 2 is 0.385 bits per heavy atom. The minimum Gasteiger partial charge on any atom is -0.197 e. The molecule has 11 heteroatoms. The predicted molar refractivity (Wildman–Crippen MR) is 66.1 cm³/mol. The molecule has 0 aliphatic rings. The van der Waals surface area contributed by atoms with E-state index in [1.54, 1.807) is 0 Å². The highest BCUT2D eigenvalue weighted by Gasteiger charge is 1.86. The Bertz CT molecular complexity index is 34.5. The number of hydrogen-bond donors (Lipinski definition) is 0. The molecule has 0 unspecified atom stereocenters. The van der Waals surface area contributed by atoms with Gasteiger partial charge in [0.1, 0.15) is 0 Å². The van der Waals surface area contributed by atoms with E-state index >= 15 is 0 Å². The fourth-order valence-electron chi connectivity index (χ4n) is 0. The molecule has 0 aliphatic carbocycles. The SMILES string of the molecule is FC(F)F.FC(F)F.S.S.S.S.S. The maximum Gasteiger partial charge on any atom is 0.379 e. The molecule has 0 aromatic heterocycles. The Labute approximate surface area is 107 Å². The Kier molecular flexibility index (Phi) is 138. The van der Waals surface area contributed by atoms with E-state index in [-0.39, 0.29) is 67.5 Å². The Hall–Kier alpha value is 1.33. The van der Waals surface area contributed by atoms with Crippen molar-refractivity contribution in [3.05, 3.63) is 0 Å². The highest BCUT2D eigenvalue weighted by Crippen LogP contribution is 1.87. The van der Waals surface area contributed by atoms with Crippen LogP contribution in [0.1, 0.15) is 0 Å². The molecule has 0 aliphatic heterocycles. The van der Waals surface area contributed by atoms with Gasteiger partial charge in [-0.05, 0) is 0 Å². The zero-order valence-corrected chi connectivity index (χ0v) is 10.9. The molecule has 0 atom stereocenters. The molecule has 0 nitrogen and oxygen atoms in total. The largest absolute Gasteiger partial charge is 0.379 e. The number of rotatable bonds is 0. The summed E-state index contributed by atoms with van der Waals surface area (Å²) < 4.78 is 58.0. The summed E-state index contributed by atoms with van der Waals surface area (Å²) in [5.74, 6) is 0. The molecular weight excluding hydrogens is 298 g/mol. The molecule has 0 N–H and O–H groups in total. The fourth-order valence-corrected chi connectivity index (χ4v) is 0. The second-order valence-corrected chi connectivity index (χ2v) is 0.495. The van der Waals surface area contributed by atoms with Gasteiger partial charge in [0.25, 0.3) is 0 Å². The van der Waals surface area contributed by atoms with Gasteiger partial charge in [-0.1, -0.05) is 0 Å².